The summed E-state index contributed by atoms with van der Waals surface area (Å²) in [5.74, 6) is -5.86. The number of halogens is 2. The molecule has 7 nitrogen and oxygen atoms in total. The van der Waals surface area contributed by atoms with Crippen molar-refractivity contribution in [3.8, 4) is 5.75 Å². The van der Waals surface area contributed by atoms with Crippen LogP contribution >= 0.6 is 11.6 Å². The molecule has 3 rings (SSSR count). The van der Waals surface area contributed by atoms with Crippen LogP contribution in [0.5, 0.6) is 5.75 Å². The number of carboxylic acid groups (broad SMARTS) is 1. The smallest absolute Gasteiger partial charge is 0.324 e. The Morgan fingerprint density at radius 3 is 2.50 bits per heavy atom. The van der Waals surface area contributed by atoms with E-state index in [4.69, 9.17) is 16.3 Å². The lowest BCUT2D eigenvalue weighted by Gasteiger charge is -2.39. The Morgan fingerprint density at radius 2 is 1.94 bits per heavy atom. The SMILES string of the molecule is COc1cc2c(cc1Cc1cccc(Cl)c1F)C(=O)C(C(=O)O)C(=O)N2[C@H](CO)C(C)C. The molecule has 0 radical (unpaired) electrons. The van der Waals surface area contributed by atoms with Crippen molar-refractivity contribution in [2.24, 2.45) is 11.8 Å². The number of hydrogen-bond donors (Lipinski definition) is 2. The minimum absolute atomic E-state index is 0.00524. The number of methoxy groups -OCH3 is 1. The predicted molar refractivity (Wildman–Crippen MR) is 116 cm³/mol. The average Bonchev–Trinajstić information content (AvgIpc) is 2.73. The Bertz CT molecular complexity index is 1090. The van der Waals surface area contributed by atoms with Crippen LogP contribution in [0.3, 0.4) is 0 Å². The summed E-state index contributed by atoms with van der Waals surface area (Å²) in [5.41, 5.74) is 0.827. The van der Waals surface area contributed by atoms with E-state index in [1.54, 1.807) is 26.0 Å². The number of benzene rings is 2. The van der Waals surface area contributed by atoms with Gasteiger partial charge in [-0.05, 0) is 29.2 Å². The molecule has 1 aliphatic heterocycles. The summed E-state index contributed by atoms with van der Waals surface area (Å²) < 4.78 is 19.9. The number of anilines is 1. The van der Waals surface area contributed by atoms with E-state index in [0.717, 1.165) is 4.90 Å². The van der Waals surface area contributed by atoms with Gasteiger partial charge in [-0.1, -0.05) is 37.6 Å². The van der Waals surface area contributed by atoms with E-state index in [1.165, 1.54) is 25.3 Å². The minimum Gasteiger partial charge on any atom is -0.496 e. The largest absolute Gasteiger partial charge is 0.496 e. The minimum atomic E-state index is -1.93. The summed E-state index contributed by atoms with van der Waals surface area (Å²) >= 11 is 5.87. The summed E-state index contributed by atoms with van der Waals surface area (Å²) in [7, 11) is 1.39. The number of ketones is 1. The van der Waals surface area contributed by atoms with Crippen molar-refractivity contribution in [1.29, 1.82) is 0 Å². The van der Waals surface area contributed by atoms with Crippen LogP contribution in [-0.2, 0) is 16.0 Å². The number of amides is 1. The Morgan fingerprint density at radius 1 is 1.25 bits per heavy atom. The molecule has 1 amide bonds. The first-order valence-corrected chi connectivity index (χ1v) is 10.3. The van der Waals surface area contributed by atoms with Crippen LogP contribution in [0.4, 0.5) is 10.1 Å². The molecule has 2 N–H and O–H groups in total. The number of aliphatic hydroxyl groups excluding tert-OH is 1. The van der Waals surface area contributed by atoms with Gasteiger partial charge in [-0.15, -0.1) is 0 Å². The van der Waals surface area contributed by atoms with Gasteiger partial charge in [-0.3, -0.25) is 14.4 Å². The molecule has 0 aliphatic carbocycles. The molecule has 0 saturated carbocycles. The zero-order valence-electron chi connectivity index (χ0n) is 17.8. The van der Waals surface area contributed by atoms with Gasteiger partial charge in [0.15, 0.2) is 11.7 Å². The second kappa shape index (κ2) is 9.26. The third-order valence-corrected chi connectivity index (χ3v) is 5.91. The molecule has 1 unspecified atom stereocenters. The van der Waals surface area contributed by atoms with Crippen LogP contribution in [0.1, 0.15) is 35.3 Å². The molecular weight excluding hydrogens is 441 g/mol. The van der Waals surface area contributed by atoms with Crippen molar-refractivity contribution < 1.29 is 33.7 Å². The Hall–Kier alpha value is -2.97. The summed E-state index contributed by atoms with van der Waals surface area (Å²) in [4.78, 5) is 38.9. The van der Waals surface area contributed by atoms with Crippen LogP contribution in [0, 0.1) is 17.7 Å². The molecule has 9 heteroatoms. The van der Waals surface area contributed by atoms with Crippen LogP contribution < -0.4 is 9.64 Å². The van der Waals surface area contributed by atoms with E-state index in [0.29, 0.717) is 5.56 Å². The van der Waals surface area contributed by atoms with E-state index < -0.39 is 42.0 Å². The monoisotopic (exact) mass is 463 g/mol. The van der Waals surface area contributed by atoms with Crippen LogP contribution in [0.15, 0.2) is 30.3 Å². The van der Waals surface area contributed by atoms with Crippen molar-refractivity contribution in [3.05, 3.63) is 57.9 Å². The molecular formula is C23H23ClFNO6. The van der Waals surface area contributed by atoms with Gasteiger partial charge in [0, 0.05) is 18.1 Å². The van der Waals surface area contributed by atoms with Crippen molar-refractivity contribution in [3.63, 3.8) is 0 Å². The second-order valence-electron chi connectivity index (χ2n) is 7.91. The van der Waals surface area contributed by atoms with Gasteiger partial charge in [-0.2, -0.15) is 0 Å². The van der Waals surface area contributed by atoms with Crippen LogP contribution in [-0.4, -0.2) is 47.6 Å². The van der Waals surface area contributed by atoms with Gasteiger partial charge >= 0.3 is 5.97 Å². The molecule has 32 heavy (non-hydrogen) atoms. The molecule has 2 aromatic carbocycles. The normalized spacial score (nSPS) is 16.8. The third-order valence-electron chi connectivity index (χ3n) is 5.62. The fourth-order valence-electron chi connectivity index (χ4n) is 3.90. The highest BCUT2D eigenvalue weighted by atomic mass is 35.5. The van der Waals surface area contributed by atoms with Gasteiger partial charge in [0.25, 0.3) is 0 Å². The summed E-state index contributed by atoms with van der Waals surface area (Å²) in [6.45, 7) is 3.11. The molecule has 0 aromatic heterocycles. The van der Waals surface area contributed by atoms with Crippen molar-refractivity contribution >= 4 is 34.9 Å². The number of Topliss-reactive ketones (excluding diaryl/α,β-unsaturated/α-hetero) is 1. The Kier molecular flexibility index (Phi) is 6.85. The van der Waals surface area contributed by atoms with E-state index >= 15 is 0 Å². The number of nitrogens with zero attached hydrogens (tertiary/aromatic N) is 1. The van der Waals surface area contributed by atoms with E-state index in [2.05, 4.69) is 0 Å². The highest BCUT2D eigenvalue weighted by Crippen LogP contribution is 2.39. The lowest BCUT2D eigenvalue weighted by molar-refractivity contribution is -0.144. The molecule has 1 heterocycles. The number of aliphatic carboxylic acids is 1. The Labute approximate surface area is 189 Å². The molecule has 1 aliphatic rings. The molecule has 170 valence electrons. The number of ether oxygens (including phenoxy) is 1. The van der Waals surface area contributed by atoms with Crippen molar-refractivity contribution in [1.82, 2.24) is 0 Å². The number of aliphatic hydroxyl groups is 1. The fourth-order valence-corrected chi connectivity index (χ4v) is 4.10. The maximum Gasteiger partial charge on any atom is 0.324 e. The molecule has 2 aromatic rings. The quantitative estimate of drug-likeness (QED) is 0.610. The Balaban J connectivity index is 2.21. The van der Waals surface area contributed by atoms with Gasteiger partial charge in [0.2, 0.25) is 5.91 Å². The molecule has 0 spiro atoms. The first kappa shape index (κ1) is 23.7. The van der Waals surface area contributed by atoms with Gasteiger partial charge < -0.3 is 19.8 Å². The number of fused-ring (bicyclic) bond motifs is 1. The second-order valence-corrected chi connectivity index (χ2v) is 8.32. The lowest BCUT2D eigenvalue weighted by Crippen LogP contribution is -2.54. The summed E-state index contributed by atoms with van der Waals surface area (Å²) in [5, 5.41) is 19.4. The number of carbonyl (C=O) groups is 3. The zero-order valence-corrected chi connectivity index (χ0v) is 18.5. The fraction of sp³-hybridized carbons (Fsp3) is 0.348. The number of rotatable bonds is 7. The lowest BCUT2D eigenvalue weighted by atomic mass is 9.86. The number of carboxylic acids is 1. The summed E-state index contributed by atoms with van der Waals surface area (Å²) in [6, 6.07) is 6.66. The van der Waals surface area contributed by atoms with E-state index in [1.807, 2.05) is 0 Å². The van der Waals surface area contributed by atoms with Gasteiger partial charge in [-0.25, -0.2) is 4.39 Å². The van der Waals surface area contributed by atoms with Crippen LogP contribution in [0.25, 0.3) is 0 Å². The molecule has 0 fully saturated rings. The summed E-state index contributed by atoms with van der Waals surface area (Å²) in [6.07, 6.45) is 0.0232. The number of carbonyl (C=O) groups excluding carboxylic acids is 2. The standard InChI is InChI=1S/C23H23ClFNO6/c1-11(2)17(10-27)26-16-9-18(32-3)13(7-12-5-4-6-15(24)20(12)25)8-14(16)21(28)19(22(26)29)23(30)31/h4-6,8-9,11,17,19,27H,7,10H2,1-3H3,(H,30,31)/t17-,19?/m1/s1. The van der Waals surface area contributed by atoms with Crippen molar-refractivity contribution in [2.75, 3.05) is 18.6 Å². The average molecular weight is 464 g/mol. The van der Waals surface area contributed by atoms with Crippen LogP contribution in [0.2, 0.25) is 5.02 Å². The maximum absolute atomic E-state index is 14.5. The van der Waals surface area contributed by atoms with E-state index in [-0.39, 0.29) is 39.9 Å². The maximum atomic E-state index is 14.5. The van der Waals surface area contributed by atoms with Gasteiger partial charge in [0.1, 0.15) is 11.6 Å². The predicted octanol–water partition coefficient (Wildman–Crippen LogP) is 3.33. The third kappa shape index (κ3) is 4.08. The highest BCUT2D eigenvalue weighted by Gasteiger charge is 2.47. The van der Waals surface area contributed by atoms with E-state index in [9.17, 15) is 29.0 Å². The molecule has 0 saturated heterocycles. The van der Waals surface area contributed by atoms with Crippen molar-refractivity contribution in [2.45, 2.75) is 26.3 Å². The first-order chi connectivity index (χ1) is 15.1. The number of hydrogen-bond acceptors (Lipinski definition) is 5. The first-order valence-electron chi connectivity index (χ1n) is 9.97. The topological polar surface area (TPSA) is 104 Å². The molecule has 0 bridgehead atoms. The molecule has 2 atom stereocenters. The van der Waals surface area contributed by atoms with Gasteiger partial charge in [0.05, 0.1) is 30.5 Å². The highest BCUT2D eigenvalue weighted by molar-refractivity contribution is 6.31. The zero-order chi connectivity index (χ0) is 23.7.